The average molecular weight is 550 g/mol. The number of sulfone groups is 1. The van der Waals surface area contributed by atoms with E-state index in [-0.39, 0.29) is 28.9 Å². The first-order chi connectivity index (χ1) is 17.1. The van der Waals surface area contributed by atoms with Crippen molar-refractivity contribution >= 4 is 55.4 Å². The summed E-state index contributed by atoms with van der Waals surface area (Å²) in [6, 6.07) is 10.2. The Bertz CT molecular complexity index is 1490. The summed E-state index contributed by atoms with van der Waals surface area (Å²) in [5.74, 6) is -0.734. The summed E-state index contributed by atoms with van der Waals surface area (Å²) < 4.78 is 32.5. The summed E-state index contributed by atoms with van der Waals surface area (Å²) >= 11 is 7.47. The fourth-order valence-electron chi connectivity index (χ4n) is 4.56. The number of amides is 1. The summed E-state index contributed by atoms with van der Waals surface area (Å²) in [4.78, 5) is 33.0. The lowest BCUT2D eigenvalue weighted by atomic mass is 9.94. The smallest absolute Gasteiger partial charge is 0.355 e. The monoisotopic (exact) mass is 549 g/mol. The van der Waals surface area contributed by atoms with Gasteiger partial charge < -0.3 is 14.2 Å². The molecule has 3 aromatic rings. The zero-order valence-corrected chi connectivity index (χ0v) is 22.8. The standard InChI is InChI=1S/C25H28ClN3O5S2/c1-27-25-28(2)22(24(31)34-3)23(35-25)16-8-11-29(12-9-16)21(30)10-13-36(32,33)20-7-5-17-14-19(26)6-4-18(17)15-20/h4-7,14-16H,8-13H2,1-3H3/b27-25-. The summed E-state index contributed by atoms with van der Waals surface area (Å²) in [7, 11) is 1.21. The third-order valence-corrected chi connectivity index (χ3v) is 9.90. The second-order valence-electron chi connectivity index (χ2n) is 8.75. The predicted molar refractivity (Wildman–Crippen MR) is 140 cm³/mol. The topological polar surface area (TPSA) is 98.0 Å². The number of carbonyl (C=O) groups is 2. The summed E-state index contributed by atoms with van der Waals surface area (Å²) in [5, 5.41) is 2.22. The van der Waals surface area contributed by atoms with Gasteiger partial charge in [-0.1, -0.05) is 23.7 Å². The Balaban J connectivity index is 1.40. The molecular formula is C25H28ClN3O5S2. The van der Waals surface area contributed by atoms with E-state index in [2.05, 4.69) is 4.99 Å². The van der Waals surface area contributed by atoms with Crippen molar-refractivity contribution < 1.29 is 22.7 Å². The molecule has 1 aromatic heterocycles. The van der Waals surface area contributed by atoms with Crippen LogP contribution in [-0.4, -0.2) is 62.8 Å². The minimum Gasteiger partial charge on any atom is -0.464 e. The molecule has 36 heavy (non-hydrogen) atoms. The minimum absolute atomic E-state index is 0.0775. The van der Waals surface area contributed by atoms with Gasteiger partial charge in [0.05, 0.1) is 17.8 Å². The number of esters is 1. The highest BCUT2D eigenvalue weighted by molar-refractivity contribution is 7.91. The Morgan fingerprint density at radius 2 is 1.81 bits per heavy atom. The molecule has 2 heterocycles. The zero-order valence-electron chi connectivity index (χ0n) is 20.4. The van der Waals surface area contributed by atoms with Crippen molar-refractivity contribution in [3.8, 4) is 0 Å². The van der Waals surface area contributed by atoms with Gasteiger partial charge in [0.2, 0.25) is 5.91 Å². The van der Waals surface area contributed by atoms with Gasteiger partial charge in [0, 0.05) is 43.5 Å². The van der Waals surface area contributed by atoms with Crippen LogP contribution in [0, 0.1) is 0 Å². The van der Waals surface area contributed by atoms with Crippen LogP contribution >= 0.6 is 22.9 Å². The van der Waals surface area contributed by atoms with Crippen molar-refractivity contribution in [2.24, 2.45) is 12.0 Å². The molecule has 0 N–H and O–H groups in total. The molecule has 0 saturated carbocycles. The Morgan fingerprint density at radius 1 is 1.14 bits per heavy atom. The number of thiazole rings is 1. The molecule has 0 radical (unpaired) electrons. The van der Waals surface area contributed by atoms with E-state index in [4.69, 9.17) is 16.3 Å². The van der Waals surface area contributed by atoms with Crippen molar-refractivity contribution in [2.45, 2.75) is 30.1 Å². The fraction of sp³-hybridized carbons (Fsp3) is 0.400. The third kappa shape index (κ3) is 5.35. The average Bonchev–Trinajstić information content (AvgIpc) is 3.22. The quantitative estimate of drug-likeness (QED) is 0.436. The molecule has 1 aliphatic heterocycles. The van der Waals surface area contributed by atoms with Crippen LogP contribution in [0.1, 0.15) is 40.5 Å². The molecule has 8 nitrogen and oxygen atoms in total. The van der Waals surface area contributed by atoms with Gasteiger partial charge in [0.15, 0.2) is 14.6 Å². The molecule has 1 saturated heterocycles. The maximum absolute atomic E-state index is 12.9. The van der Waals surface area contributed by atoms with Crippen molar-refractivity contribution in [3.63, 3.8) is 0 Å². The molecule has 1 amide bonds. The number of rotatable bonds is 6. The van der Waals surface area contributed by atoms with Crippen LogP contribution in [0.2, 0.25) is 5.02 Å². The Kier molecular flexibility index (Phi) is 7.87. The first kappa shape index (κ1) is 26.4. The van der Waals surface area contributed by atoms with Crippen LogP contribution in [0.3, 0.4) is 0 Å². The van der Waals surface area contributed by atoms with E-state index >= 15 is 0 Å². The first-order valence-corrected chi connectivity index (χ1v) is 14.4. The van der Waals surface area contributed by atoms with Gasteiger partial charge in [0.25, 0.3) is 0 Å². The SMILES string of the molecule is C/N=c1\sc(C2CCN(C(=O)CCS(=O)(=O)c3ccc4cc(Cl)ccc4c3)CC2)c(C(=O)OC)n1C. The highest BCUT2D eigenvalue weighted by Gasteiger charge is 2.30. The molecule has 0 spiro atoms. The number of likely N-dealkylation sites (tertiary alicyclic amines) is 1. The molecule has 1 fully saturated rings. The predicted octanol–water partition coefficient (Wildman–Crippen LogP) is 3.78. The number of hydrogen-bond donors (Lipinski definition) is 0. The maximum Gasteiger partial charge on any atom is 0.355 e. The van der Waals surface area contributed by atoms with Crippen molar-refractivity contribution in [1.29, 1.82) is 0 Å². The van der Waals surface area contributed by atoms with Crippen molar-refractivity contribution in [2.75, 3.05) is 33.0 Å². The highest BCUT2D eigenvalue weighted by Crippen LogP contribution is 2.33. The van der Waals surface area contributed by atoms with E-state index < -0.39 is 15.8 Å². The highest BCUT2D eigenvalue weighted by atomic mass is 35.5. The van der Waals surface area contributed by atoms with E-state index in [0.717, 1.165) is 20.5 Å². The number of benzene rings is 2. The first-order valence-electron chi connectivity index (χ1n) is 11.6. The zero-order chi connectivity index (χ0) is 26.0. The second-order valence-corrected chi connectivity index (χ2v) is 12.3. The number of aromatic nitrogens is 1. The van der Waals surface area contributed by atoms with E-state index in [1.165, 1.54) is 18.4 Å². The van der Waals surface area contributed by atoms with Crippen LogP contribution in [-0.2, 0) is 26.4 Å². The molecule has 192 valence electrons. The number of hydrogen-bond acceptors (Lipinski definition) is 7. The molecule has 0 unspecified atom stereocenters. The van der Waals surface area contributed by atoms with E-state index in [1.807, 2.05) is 0 Å². The molecule has 1 aliphatic rings. The van der Waals surface area contributed by atoms with Gasteiger partial charge in [-0.3, -0.25) is 9.79 Å². The fourth-order valence-corrected chi connectivity index (χ4v) is 7.24. The van der Waals surface area contributed by atoms with Crippen LogP contribution in [0.25, 0.3) is 10.8 Å². The molecule has 0 aliphatic carbocycles. The second kappa shape index (κ2) is 10.7. The van der Waals surface area contributed by atoms with Gasteiger partial charge in [-0.05, 0) is 53.8 Å². The lowest BCUT2D eigenvalue weighted by molar-refractivity contribution is -0.131. The molecule has 11 heteroatoms. The van der Waals surface area contributed by atoms with Crippen LogP contribution in [0.5, 0.6) is 0 Å². The Labute approximate surface area is 219 Å². The Hall–Kier alpha value is -2.69. The number of halogens is 1. The summed E-state index contributed by atoms with van der Waals surface area (Å²) in [6.07, 6.45) is 1.28. The van der Waals surface area contributed by atoms with Crippen molar-refractivity contribution in [3.05, 3.63) is 56.8 Å². The molecule has 4 rings (SSSR count). The van der Waals surface area contributed by atoms with E-state index in [0.29, 0.717) is 36.6 Å². The number of nitrogens with zero attached hydrogens (tertiary/aromatic N) is 3. The van der Waals surface area contributed by atoms with Gasteiger partial charge in [-0.2, -0.15) is 0 Å². The summed E-state index contributed by atoms with van der Waals surface area (Å²) in [5.41, 5.74) is 0.497. The van der Waals surface area contributed by atoms with Crippen LogP contribution < -0.4 is 4.80 Å². The van der Waals surface area contributed by atoms with Crippen LogP contribution in [0.4, 0.5) is 0 Å². The maximum atomic E-state index is 12.9. The normalized spacial score (nSPS) is 15.4. The minimum atomic E-state index is -3.62. The van der Waals surface area contributed by atoms with Gasteiger partial charge in [0.1, 0.15) is 5.69 Å². The summed E-state index contributed by atoms with van der Waals surface area (Å²) in [6.45, 7) is 1.00. The lowest BCUT2D eigenvalue weighted by Gasteiger charge is -2.32. The number of fused-ring (bicyclic) bond motifs is 1. The van der Waals surface area contributed by atoms with Crippen LogP contribution in [0.15, 0.2) is 46.3 Å². The number of carbonyl (C=O) groups excluding carboxylic acids is 2. The van der Waals surface area contributed by atoms with E-state index in [1.54, 1.807) is 60.0 Å². The third-order valence-electron chi connectivity index (χ3n) is 6.56. The molecule has 0 bridgehead atoms. The number of ether oxygens (including phenoxy) is 1. The number of methoxy groups -OCH3 is 1. The van der Waals surface area contributed by atoms with Gasteiger partial charge >= 0.3 is 5.97 Å². The Morgan fingerprint density at radius 3 is 2.47 bits per heavy atom. The molecule has 2 aromatic carbocycles. The van der Waals surface area contributed by atoms with Gasteiger partial charge in [-0.25, -0.2) is 13.2 Å². The van der Waals surface area contributed by atoms with Gasteiger partial charge in [-0.15, -0.1) is 11.3 Å². The van der Waals surface area contributed by atoms with Crippen molar-refractivity contribution in [1.82, 2.24) is 9.47 Å². The molecule has 0 atom stereocenters. The number of piperidine rings is 1. The van der Waals surface area contributed by atoms with E-state index in [9.17, 15) is 18.0 Å². The lowest BCUT2D eigenvalue weighted by Crippen LogP contribution is -2.38. The molecular weight excluding hydrogens is 522 g/mol. The largest absolute Gasteiger partial charge is 0.464 e.